The van der Waals surface area contributed by atoms with Crippen LogP contribution in [0.4, 0.5) is 5.95 Å². The number of fused-ring (bicyclic) bond motifs is 1. The number of H-pyrrole nitrogens is 2. The summed E-state index contributed by atoms with van der Waals surface area (Å²) in [5.74, 6) is -5.04. The summed E-state index contributed by atoms with van der Waals surface area (Å²) in [4.78, 5) is 57.5. The molecule has 0 saturated carbocycles. The van der Waals surface area contributed by atoms with E-state index in [0.717, 1.165) is 16.2 Å². The molecule has 0 aromatic carbocycles. The average Bonchev–Trinajstić information content (AvgIpc) is 3.31. The highest BCUT2D eigenvalue weighted by Crippen LogP contribution is 2.33. The van der Waals surface area contributed by atoms with E-state index >= 15 is 0 Å². The maximum Gasteiger partial charge on any atom is 0.327 e. The average molecular weight is 433 g/mol. The summed E-state index contributed by atoms with van der Waals surface area (Å²) in [5, 5.41) is 20.9. The standard InChI is InChI=1S/C18H19N5O6S/c1-6(8-5-20-13-11(8)15(25)23-18(19)22-13)9-3-4-10(30-9)14(24)21-12(17(28)29)7(2)16(26)27/h3-7,12H,1-2H3,(H,21,24)(H,26,27)(H,28,29)(H4,19,20,22,23,25). The number of nitrogens with two attached hydrogens (primary N) is 1. The summed E-state index contributed by atoms with van der Waals surface area (Å²) in [6, 6.07) is 1.64. The molecule has 0 bridgehead atoms. The van der Waals surface area contributed by atoms with Crippen molar-refractivity contribution >= 4 is 46.2 Å². The fourth-order valence-corrected chi connectivity index (χ4v) is 4.02. The lowest BCUT2D eigenvalue weighted by Gasteiger charge is -2.17. The third kappa shape index (κ3) is 3.89. The van der Waals surface area contributed by atoms with E-state index in [4.69, 9.17) is 10.8 Å². The van der Waals surface area contributed by atoms with Gasteiger partial charge in [0.2, 0.25) is 5.95 Å². The first-order valence-electron chi connectivity index (χ1n) is 8.83. The second kappa shape index (κ2) is 7.99. The van der Waals surface area contributed by atoms with Crippen LogP contribution in [0.3, 0.4) is 0 Å². The number of anilines is 1. The molecule has 7 N–H and O–H groups in total. The largest absolute Gasteiger partial charge is 0.481 e. The molecule has 3 heterocycles. The Labute approximate surface area is 173 Å². The molecular formula is C18H19N5O6S. The minimum absolute atomic E-state index is 0.00721. The van der Waals surface area contributed by atoms with Crippen molar-refractivity contribution < 1.29 is 24.6 Å². The maximum atomic E-state index is 12.5. The smallest absolute Gasteiger partial charge is 0.327 e. The second-order valence-corrected chi connectivity index (χ2v) is 7.87. The quantitative estimate of drug-likeness (QED) is 0.317. The van der Waals surface area contributed by atoms with Gasteiger partial charge in [0, 0.05) is 17.0 Å². The third-order valence-corrected chi connectivity index (χ3v) is 6.04. The number of nitrogen functional groups attached to an aromatic ring is 1. The number of aliphatic carboxylic acids is 2. The highest BCUT2D eigenvalue weighted by Gasteiger charge is 2.32. The number of nitrogens with zero attached hydrogens (tertiary/aromatic N) is 1. The van der Waals surface area contributed by atoms with E-state index in [-0.39, 0.29) is 22.3 Å². The van der Waals surface area contributed by atoms with E-state index < -0.39 is 29.8 Å². The molecule has 3 aromatic rings. The topological polar surface area (TPSA) is 191 Å². The highest BCUT2D eigenvalue weighted by molar-refractivity contribution is 7.14. The minimum atomic E-state index is -1.57. The Morgan fingerprint density at radius 2 is 1.90 bits per heavy atom. The lowest BCUT2D eigenvalue weighted by atomic mass is 10.0. The van der Waals surface area contributed by atoms with Crippen molar-refractivity contribution in [3.8, 4) is 0 Å². The number of amides is 1. The normalized spacial score (nSPS) is 14.2. The number of carbonyl (C=O) groups excluding carboxylic acids is 1. The van der Waals surface area contributed by atoms with Gasteiger partial charge in [-0.25, -0.2) is 4.79 Å². The molecule has 11 nitrogen and oxygen atoms in total. The minimum Gasteiger partial charge on any atom is -0.481 e. The van der Waals surface area contributed by atoms with Crippen molar-refractivity contribution in [2.24, 2.45) is 5.92 Å². The second-order valence-electron chi connectivity index (χ2n) is 6.76. The zero-order chi connectivity index (χ0) is 22.2. The number of carbonyl (C=O) groups is 3. The molecule has 0 spiro atoms. The van der Waals surface area contributed by atoms with Crippen molar-refractivity contribution in [1.82, 2.24) is 20.3 Å². The van der Waals surface area contributed by atoms with Crippen molar-refractivity contribution in [1.29, 1.82) is 0 Å². The molecule has 0 saturated heterocycles. The number of rotatable bonds is 7. The van der Waals surface area contributed by atoms with Crippen LogP contribution in [0, 0.1) is 5.92 Å². The molecule has 12 heteroatoms. The summed E-state index contributed by atoms with van der Waals surface area (Å²) < 4.78 is 0. The molecule has 3 atom stereocenters. The molecule has 0 fully saturated rings. The summed E-state index contributed by atoms with van der Waals surface area (Å²) in [5.41, 5.74) is 6.17. The van der Waals surface area contributed by atoms with Crippen LogP contribution in [-0.4, -0.2) is 49.1 Å². The van der Waals surface area contributed by atoms with Gasteiger partial charge in [0.15, 0.2) is 0 Å². The van der Waals surface area contributed by atoms with Crippen LogP contribution in [0.5, 0.6) is 0 Å². The number of thiophene rings is 1. The molecule has 0 aliphatic carbocycles. The molecule has 0 radical (unpaired) electrons. The van der Waals surface area contributed by atoms with Gasteiger partial charge in [0.25, 0.3) is 11.5 Å². The predicted molar refractivity (Wildman–Crippen MR) is 109 cm³/mol. The van der Waals surface area contributed by atoms with Gasteiger partial charge >= 0.3 is 11.9 Å². The van der Waals surface area contributed by atoms with Gasteiger partial charge in [-0.1, -0.05) is 6.92 Å². The zero-order valence-electron chi connectivity index (χ0n) is 15.9. The maximum absolute atomic E-state index is 12.5. The lowest BCUT2D eigenvalue weighted by Crippen LogP contribution is -2.47. The number of hydrogen-bond acceptors (Lipinski definition) is 7. The van der Waals surface area contributed by atoms with E-state index in [1.165, 1.54) is 13.0 Å². The van der Waals surface area contributed by atoms with Gasteiger partial charge in [0.1, 0.15) is 11.7 Å². The first kappa shape index (κ1) is 21.0. The van der Waals surface area contributed by atoms with Gasteiger partial charge in [-0.3, -0.25) is 19.4 Å². The molecule has 3 rings (SSSR count). The van der Waals surface area contributed by atoms with Crippen LogP contribution in [0.25, 0.3) is 11.0 Å². The van der Waals surface area contributed by atoms with E-state index in [2.05, 4.69) is 20.3 Å². The van der Waals surface area contributed by atoms with E-state index in [9.17, 15) is 24.3 Å². The number of hydrogen-bond donors (Lipinski definition) is 6. The Kier molecular flexibility index (Phi) is 5.60. The van der Waals surface area contributed by atoms with Gasteiger partial charge in [-0.2, -0.15) is 4.98 Å². The van der Waals surface area contributed by atoms with Crippen LogP contribution in [0.15, 0.2) is 23.1 Å². The van der Waals surface area contributed by atoms with Gasteiger partial charge in [0.05, 0.1) is 16.2 Å². The van der Waals surface area contributed by atoms with Crippen molar-refractivity contribution in [2.45, 2.75) is 25.8 Å². The number of aromatic nitrogens is 3. The van der Waals surface area contributed by atoms with Crippen molar-refractivity contribution in [3.05, 3.63) is 44.0 Å². The molecular weight excluding hydrogens is 414 g/mol. The number of carboxylic acid groups (broad SMARTS) is 2. The monoisotopic (exact) mass is 433 g/mol. The number of aromatic amines is 2. The van der Waals surface area contributed by atoms with Crippen LogP contribution in [0.1, 0.15) is 39.9 Å². The Morgan fingerprint density at radius 1 is 1.20 bits per heavy atom. The van der Waals surface area contributed by atoms with Crippen LogP contribution in [-0.2, 0) is 9.59 Å². The molecule has 158 valence electrons. The Bertz CT molecular complexity index is 1200. The lowest BCUT2D eigenvalue weighted by molar-refractivity contribution is -0.149. The highest BCUT2D eigenvalue weighted by atomic mass is 32.1. The molecule has 1 amide bonds. The number of nitrogens with one attached hydrogen (secondary N) is 3. The first-order valence-corrected chi connectivity index (χ1v) is 9.64. The zero-order valence-corrected chi connectivity index (χ0v) is 16.7. The van der Waals surface area contributed by atoms with Gasteiger partial charge < -0.3 is 26.2 Å². The summed E-state index contributed by atoms with van der Waals surface area (Å²) >= 11 is 1.12. The Morgan fingerprint density at radius 3 is 2.53 bits per heavy atom. The first-order chi connectivity index (χ1) is 14.1. The van der Waals surface area contributed by atoms with Crippen molar-refractivity contribution in [2.75, 3.05) is 5.73 Å². The van der Waals surface area contributed by atoms with Crippen LogP contribution in [0.2, 0.25) is 0 Å². The molecule has 3 aromatic heterocycles. The molecule has 30 heavy (non-hydrogen) atoms. The third-order valence-electron chi connectivity index (χ3n) is 4.78. The van der Waals surface area contributed by atoms with Crippen molar-refractivity contribution in [3.63, 3.8) is 0 Å². The SMILES string of the molecule is CC(c1ccc(C(=O)NC(C(=O)O)C(C)C(=O)O)s1)c1c[nH]c2nc(N)[nH]c(=O)c12. The fourth-order valence-electron chi connectivity index (χ4n) is 3.04. The summed E-state index contributed by atoms with van der Waals surface area (Å²) in [6.45, 7) is 3.05. The van der Waals surface area contributed by atoms with Crippen LogP contribution >= 0.6 is 11.3 Å². The van der Waals surface area contributed by atoms with Crippen LogP contribution < -0.4 is 16.6 Å². The van der Waals surface area contributed by atoms with Gasteiger partial charge in [-0.15, -0.1) is 11.3 Å². The predicted octanol–water partition coefficient (Wildman–Crippen LogP) is 0.950. The number of carboxylic acids is 2. The van der Waals surface area contributed by atoms with E-state index in [0.29, 0.717) is 16.6 Å². The van der Waals surface area contributed by atoms with E-state index in [1.807, 2.05) is 6.92 Å². The Balaban J connectivity index is 1.85. The van der Waals surface area contributed by atoms with E-state index in [1.54, 1.807) is 12.3 Å². The summed E-state index contributed by atoms with van der Waals surface area (Å²) in [7, 11) is 0. The Hall–Kier alpha value is -3.67. The summed E-state index contributed by atoms with van der Waals surface area (Å²) in [6.07, 6.45) is 1.64. The molecule has 0 aliphatic rings. The fraction of sp³-hybridized carbons (Fsp3) is 0.278. The molecule has 0 aliphatic heterocycles. The molecule has 3 unspecified atom stereocenters. The van der Waals surface area contributed by atoms with Gasteiger partial charge in [-0.05, 0) is 24.6 Å².